The van der Waals surface area contributed by atoms with E-state index in [1.165, 1.54) is 25.7 Å². The molecule has 1 aliphatic carbocycles. The highest BCUT2D eigenvalue weighted by atomic mass is 35.5. The Labute approximate surface area is 106 Å². The molecule has 90 valence electrons. The van der Waals surface area contributed by atoms with Crippen LogP contribution >= 0.6 is 22.9 Å². The largest absolute Gasteiger partial charge is 0.371 e. The molecule has 1 unspecified atom stereocenters. The number of hydrogen-bond acceptors (Lipinski definition) is 3. The number of ether oxygens (including phenoxy) is 1. The Morgan fingerprint density at radius 1 is 1.56 bits per heavy atom. The highest BCUT2D eigenvalue weighted by Gasteiger charge is 2.18. The molecular weight excluding hydrogens is 242 g/mol. The van der Waals surface area contributed by atoms with Gasteiger partial charge in [-0.3, -0.25) is 0 Å². The first-order valence-corrected chi connectivity index (χ1v) is 7.33. The summed E-state index contributed by atoms with van der Waals surface area (Å²) in [5.41, 5.74) is 0.956. The fourth-order valence-corrected chi connectivity index (χ4v) is 3.15. The van der Waals surface area contributed by atoms with Crippen LogP contribution in [0, 0.1) is 5.92 Å². The highest BCUT2D eigenvalue weighted by Crippen LogP contribution is 2.28. The van der Waals surface area contributed by atoms with Crippen molar-refractivity contribution in [1.29, 1.82) is 0 Å². The van der Waals surface area contributed by atoms with Crippen LogP contribution in [0.1, 0.15) is 49.4 Å². The van der Waals surface area contributed by atoms with E-state index < -0.39 is 0 Å². The standard InChI is InChI=1S/C12H18ClNOS/c1-9(12-14-11(6-13)8-16-12)15-7-10-4-2-3-5-10/h8-10H,2-7H2,1H3. The Morgan fingerprint density at radius 3 is 2.94 bits per heavy atom. The molecule has 1 atom stereocenters. The Balaban J connectivity index is 1.80. The molecule has 2 nitrogen and oxygen atoms in total. The van der Waals surface area contributed by atoms with Crippen LogP contribution in [0.4, 0.5) is 0 Å². The molecule has 1 aromatic heterocycles. The van der Waals surface area contributed by atoms with Gasteiger partial charge in [0.05, 0.1) is 18.2 Å². The average molecular weight is 260 g/mol. The van der Waals surface area contributed by atoms with Gasteiger partial charge >= 0.3 is 0 Å². The Bertz CT molecular complexity index is 323. The number of aromatic nitrogens is 1. The van der Waals surface area contributed by atoms with E-state index in [9.17, 15) is 0 Å². The SMILES string of the molecule is CC(OCC1CCCC1)c1nc(CCl)cs1. The topological polar surface area (TPSA) is 22.1 Å². The maximum absolute atomic E-state index is 5.87. The Hall–Kier alpha value is -0.120. The summed E-state index contributed by atoms with van der Waals surface area (Å²) in [6, 6.07) is 0. The second-order valence-electron chi connectivity index (χ2n) is 4.44. The van der Waals surface area contributed by atoms with E-state index in [-0.39, 0.29) is 6.10 Å². The number of hydrogen-bond donors (Lipinski definition) is 0. The summed E-state index contributed by atoms with van der Waals surface area (Å²) in [6.07, 6.45) is 5.52. The molecule has 2 rings (SSSR count). The summed E-state index contributed by atoms with van der Waals surface area (Å²) in [7, 11) is 0. The zero-order valence-corrected chi connectivity index (χ0v) is 11.2. The molecular formula is C12H18ClNOS. The minimum absolute atomic E-state index is 0.113. The Kier molecular flexibility index (Phi) is 4.62. The van der Waals surface area contributed by atoms with Crippen molar-refractivity contribution in [3.05, 3.63) is 16.1 Å². The van der Waals surface area contributed by atoms with Gasteiger partial charge in [0.2, 0.25) is 0 Å². The van der Waals surface area contributed by atoms with E-state index in [0.717, 1.165) is 23.2 Å². The number of thiazole rings is 1. The van der Waals surface area contributed by atoms with Gasteiger partial charge in [0.15, 0.2) is 0 Å². The molecule has 0 N–H and O–H groups in total. The molecule has 1 aromatic rings. The minimum atomic E-state index is 0.113. The lowest BCUT2D eigenvalue weighted by molar-refractivity contribution is 0.0406. The maximum atomic E-state index is 5.87. The first kappa shape index (κ1) is 12.3. The molecule has 0 bridgehead atoms. The number of halogens is 1. The van der Waals surface area contributed by atoms with Crippen LogP contribution < -0.4 is 0 Å². The lowest BCUT2D eigenvalue weighted by Crippen LogP contribution is -2.08. The summed E-state index contributed by atoms with van der Waals surface area (Å²) >= 11 is 7.37. The van der Waals surface area contributed by atoms with Crippen LogP contribution in [0.25, 0.3) is 0 Å². The fraction of sp³-hybridized carbons (Fsp3) is 0.750. The van der Waals surface area contributed by atoms with Crippen molar-refractivity contribution in [3.63, 3.8) is 0 Å². The van der Waals surface area contributed by atoms with Crippen LogP contribution in [0.15, 0.2) is 5.38 Å². The first-order chi connectivity index (χ1) is 7.79. The summed E-state index contributed by atoms with van der Waals surface area (Å²) in [6.45, 7) is 2.96. The molecule has 1 saturated carbocycles. The van der Waals surface area contributed by atoms with Gasteiger partial charge in [-0.15, -0.1) is 22.9 Å². The second kappa shape index (κ2) is 5.99. The van der Waals surface area contributed by atoms with Gasteiger partial charge in [0.25, 0.3) is 0 Å². The fourth-order valence-electron chi connectivity index (χ4n) is 2.10. The van der Waals surface area contributed by atoms with E-state index in [1.54, 1.807) is 11.3 Å². The van der Waals surface area contributed by atoms with Crippen molar-refractivity contribution in [1.82, 2.24) is 4.98 Å². The van der Waals surface area contributed by atoms with Gasteiger partial charge in [-0.2, -0.15) is 0 Å². The molecule has 0 amide bonds. The average Bonchev–Trinajstić information content (AvgIpc) is 2.96. The molecule has 4 heteroatoms. The summed E-state index contributed by atoms with van der Waals surface area (Å²) in [4.78, 5) is 4.44. The molecule has 0 aromatic carbocycles. The smallest absolute Gasteiger partial charge is 0.122 e. The van der Waals surface area contributed by atoms with Gasteiger partial charge in [0.1, 0.15) is 11.1 Å². The van der Waals surface area contributed by atoms with Gasteiger partial charge < -0.3 is 4.74 Å². The van der Waals surface area contributed by atoms with Crippen molar-refractivity contribution < 1.29 is 4.74 Å². The van der Waals surface area contributed by atoms with Crippen LogP contribution in [0.5, 0.6) is 0 Å². The number of nitrogens with zero attached hydrogens (tertiary/aromatic N) is 1. The van der Waals surface area contributed by atoms with Crippen LogP contribution in [-0.4, -0.2) is 11.6 Å². The summed E-state index contributed by atoms with van der Waals surface area (Å²) in [5, 5.41) is 3.06. The lowest BCUT2D eigenvalue weighted by atomic mass is 10.1. The Morgan fingerprint density at radius 2 is 2.31 bits per heavy atom. The zero-order chi connectivity index (χ0) is 11.4. The van der Waals surface area contributed by atoms with E-state index in [4.69, 9.17) is 16.3 Å². The van der Waals surface area contributed by atoms with E-state index >= 15 is 0 Å². The van der Waals surface area contributed by atoms with E-state index in [0.29, 0.717) is 5.88 Å². The highest BCUT2D eigenvalue weighted by molar-refractivity contribution is 7.09. The maximum Gasteiger partial charge on any atom is 0.122 e. The molecule has 0 spiro atoms. The van der Waals surface area contributed by atoms with Crippen LogP contribution in [0.2, 0.25) is 0 Å². The van der Waals surface area contributed by atoms with Gasteiger partial charge in [-0.05, 0) is 25.7 Å². The van der Waals surface area contributed by atoms with E-state index in [1.807, 2.05) is 5.38 Å². The molecule has 1 heterocycles. The second-order valence-corrected chi connectivity index (χ2v) is 5.59. The molecule has 16 heavy (non-hydrogen) atoms. The number of rotatable bonds is 5. The quantitative estimate of drug-likeness (QED) is 0.741. The van der Waals surface area contributed by atoms with Gasteiger partial charge in [-0.1, -0.05) is 12.8 Å². The van der Waals surface area contributed by atoms with Crippen LogP contribution in [0.3, 0.4) is 0 Å². The van der Waals surface area contributed by atoms with Gasteiger partial charge in [-0.25, -0.2) is 4.98 Å². The third-order valence-corrected chi connectivity index (χ3v) is 4.44. The predicted octanol–water partition coefficient (Wildman–Crippen LogP) is 4.15. The third kappa shape index (κ3) is 3.19. The molecule has 0 saturated heterocycles. The van der Waals surface area contributed by atoms with Crippen molar-refractivity contribution in [2.45, 2.75) is 44.6 Å². The normalized spacial score (nSPS) is 19.1. The summed E-state index contributed by atoms with van der Waals surface area (Å²) < 4.78 is 5.87. The number of alkyl halides is 1. The van der Waals surface area contributed by atoms with Crippen molar-refractivity contribution in [2.24, 2.45) is 5.92 Å². The predicted molar refractivity (Wildman–Crippen MR) is 68.0 cm³/mol. The van der Waals surface area contributed by atoms with Crippen molar-refractivity contribution in [2.75, 3.05) is 6.61 Å². The first-order valence-electron chi connectivity index (χ1n) is 5.91. The molecule has 1 aliphatic rings. The lowest BCUT2D eigenvalue weighted by Gasteiger charge is -2.14. The zero-order valence-electron chi connectivity index (χ0n) is 9.62. The molecule has 0 radical (unpaired) electrons. The minimum Gasteiger partial charge on any atom is -0.371 e. The monoisotopic (exact) mass is 259 g/mol. The molecule has 0 aliphatic heterocycles. The van der Waals surface area contributed by atoms with Crippen molar-refractivity contribution in [3.8, 4) is 0 Å². The van der Waals surface area contributed by atoms with Gasteiger partial charge in [0, 0.05) is 5.38 Å². The van der Waals surface area contributed by atoms with E-state index in [2.05, 4.69) is 11.9 Å². The summed E-state index contributed by atoms with van der Waals surface area (Å²) in [5.74, 6) is 1.26. The molecule has 1 fully saturated rings. The third-order valence-electron chi connectivity index (χ3n) is 3.11. The van der Waals surface area contributed by atoms with Crippen LogP contribution in [-0.2, 0) is 10.6 Å². The van der Waals surface area contributed by atoms with Crippen molar-refractivity contribution >= 4 is 22.9 Å².